The van der Waals surface area contributed by atoms with Gasteiger partial charge in [-0.3, -0.25) is 9.59 Å². The van der Waals surface area contributed by atoms with Crippen LogP contribution in [-0.4, -0.2) is 17.4 Å². The Balaban J connectivity index is 3.12. The number of benzene rings is 1. The monoisotopic (exact) mass is 254 g/mol. The molecule has 0 unspecified atom stereocenters. The van der Waals surface area contributed by atoms with Crippen LogP contribution in [0.5, 0.6) is 0 Å². The average Bonchev–Trinajstić information content (AvgIpc) is 2.19. The molecule has 92 valence electrons. The summed E-state index contributed by atoms with van der Waals surface area (Å²) in [4.78, 5) is 23.2. The standard InChI is InChI=1S/C13H15ClO3/c1-8-10(6-5-7-11(8)14)12(16)13(3,4)17-9(2)15/h5-7H,1-4H3. The van der Waals surface area contributed by atoms with Crippen molar-refractivity contribution in [1.82, 2.24) is 0 Å². The summed E-state index contributed by atoms with van der Waals surface area (Å²) in [5.41, 5.74) is -0.00971. The Bertz CT molecular complexity index is 464. The van der Waals surface area contributed by atoms with E-state index >= 15 is 0 Å². The summed E-state index contributed by atoms with van der Waals surface area (Å²) in [5.74, 6) is -0.740. The molecule has 3 nitrogen and oxygen atoms in total. The summed E-state index contributed by atoms with van der Waals surface area (Å²) < 4.78 is 5.02. The van der Waals surface area contributed by atoms with Crippen molar-refractivity contribution in [2.45, 2.75) is 33.3 Å². The van der Waals surface area contributed by atoms with Gasteiger partial charge < -0.3 is 4.74 Å². The fourth-order valence-electron chi connectivity index (χ4n) is 1.58. The van der Waals surface area contributed by atoms with E-state index in [2.05, 4.69) is 0 Å². The lowest BCUT2D eigenvalue weighted by Crippen LogP contribution is -2.37. The molecule has 0 aliphatic carbocycles. The Kier molecular flexibility index (Phi) is 3.94. The number of ketones is 1. The maximum absolute atomic E-state index is 12.2. The van der Waals surface area contributed by atoms with Crippen LogP contribution in [0, 0.1) is 6.92 Å². The minimum absolute atomic E-state index is 0.257. The lowest BCUT2D eigenvalue weighted by atomic mass is 9.93. The van der Waals surface area contributed by atoms with E-state index < -0.39 is 11.6 Å². The third-order valence-electron chi connectivity index (χ3n) is 2.46. The zero-order chi connectivity index (χ0) is 13.2. The minimum Gasteiger partial charge on any atom is -0.451 e. The summed E-state index contributed by atoms with van der Waals surface area (Å²) in [7, 11) is 0. The number of esters is 1. The smallest absolute Gasteiger partial charge is 0.303 e. The van der Waals surface area contributed by atoms with Crippen molar-refractivity contribution in [3.05, 3.63) is 34.3 Å². The van der Waals surface area contributed by atoms with Crippen LogP contribution in [0.3, 0.4) is 0 Å². The first kappa shape index (κ1) is 13.7. The number of hydrogen-bond donors (Lipinski definition) is 0. The summed E-state index contributed by atoms with van der Waals surface area (Å²) in [6, 6.07) is 5.09. The van der Waals surface area contributed by atoms with E-state index in [0.717, 1.165) is 0 Å². The molecule has 0 spiro atoms. The molecule has 0 atom stereocenters. The van der Waals surface area contributed by atoms with Gasteiger partial charge >= 0.3 is 5.97 Å². The van der Waals surface area contributed by atoms with E-state index in [4.69, 9.17) is 16.3 Å². The zero-order valence-corrected chi connectivity index (χ0v) is 11.1. The molecule has 0 fully saturated rings. The molecule has 0 bridgehead atoms. The van der Waals surface area contributed by atoms with E-state index in [-0.39, 0.29) is 5.78 Å². The fraction of sp³-hybridized carbons (Fsp3) is 0.385. The normalized spacial score (nSPS) is 11.1. The van der Waals surface area contributed by atoms with Crippen LogP contribution < -0.4 is 0 Å². The number of hydrogen-bond acceptors (Lipinski definition) is 3. The first-order valence-corrected chi connectivity index (χ1v) is 5.63. The van der Waals surface area contributed by atoms with Gasteiger partial charge in [0, 0.05) is 17.5 Å². The van der Waals surface area contributed by atoms with Gasteiger partial charge in [0.05, 0.1) is 0 Å². The van der Waals surface area contributed by atoms with Gasteiger partial charge in [0.15, 0.2) is 5.60 Å². The average molecular weight is 255 g/mol. The number of carbonyl (C=O) groups excluding carboxylic acids is 2. The van der Waals surface area contributed by atoms with Gasteiger partial charge in [0.2, 0.25) is 5.78 Å². The molecule has 0 aliphatic heterocycles. The van der Waals surface area contributed by atoms with Crippen LogP contribution in [-0.2, 0) is 9.53 Å². The molecular formula is C13H15ClO3. The van der Waals surface area contributed by atoms with Gasteiger partial charge in [-0.05, 0) is 32.4 Å². The van der Waals surface area contributed by atoms with Crippen molar-refractivity contribution < 1.29 is 14.3 Å². The molecule has 1 aromatic carbocycles. The molecular weight excluding hydrogens is 240 g/mol. The van der Waals surface area contributed by atoms with Crippen molar-refractivity contribution in [2.75, 3.05) is 0 Å². The number of halogens is 1. The van der Waals surface area contributed by atoms with Gasteiger partial charge in [-0.15, -0.1) is 0 Å². The number of Topliss-reactive ketones (excluding diaryl/α,β-unsaturated/α-hetero) is 1. The first-order chi connectivity index (χ1) is 7.75. The molecule has 0 saturated heterocycles. The molecule has 0 heterocycles. The van der Waals surface area contributed by atoms with Crippen LogP contribution in [0.25, 0.3) is 0 Å². The van der Waals surface area contributed by atoms with Crippen molar-refractivity contribution in [3.8, 4) is 0 Å². The predicted octanol–water partition coefficient (Wildman–Crippen LogP) is 3.17. The number of carbonyl (C=O) groups is 2. The third-order valence-corrected chi connectivity index (χ3v) is 2.87. The van der Waals surface area contributed by atoms with Gasteiger partial charge in [-0.1, -0.05) is 23.7 Å². The molecule has 0 saturated carbocycles. The van der Waals surface area contributed by atoms with E-state index in [0.29, 0.717) is 16.1 Å². The zero-order valence-electron chi connectivity index (χ0n) is 10.3. The van der Waals surface area contributed by atoms with Gasteiger partial charge in [0.25, 0.3) is 0 Å². The molecule has 0 amide bonds. The Morgan fingerprint density at radius 2 is 1.88 bits per heavy atom. The van der Waals surface area contributed by atoms with Crippen molar-refractivity contribution in [3.63, 3.8) is 0 Å². The van der Waals surface area contributed by atoms with E-state index in [1.165, 1.54) is 6.92 Å². The van der Waals surface area contributed by atoms with E-state index in [9.17, 15) is 9.59 Å². The van der Waals surface area contributed by atoms with Crippen molar-refractivity contribution >= 4 is 23.4 Å². The highest BCUT2D eigenvalue weighted by Gasteiger charge is 2.32. The minimum atomic E-state index is -1.18. The lowest BCUT2D eigenvalue weighted by molar-refractivity contribution is -0.149. The summed E-state index contributed by atoms with van der Waals surface area (Å²) in [6.45, 7) is 6.17. The summed E-state index contributed by atoms with van der Waals surface area (Å²) >= 11 is 5.95. The van der Waals surface area contributed by atoms with Crippen LogP contribution >= 0.6 is 11.6 Å². The van der Waals surface area contributed by atoms with Crippen LogP contribution in [0.1, 0.15) is 36.7 Å². The van der Waals surface area contributed by atoms with Gasteiger partial charge in [-0.2, -0.15) is 0 Å². The molecule has 0 radical (unpaired) electrons. The second-order valence-corrected chi connectivity index (χ2v) is 4.75. The van der Waals surface area contributed by atoms with Crippen LogP contribution in [0.15, 0.2) is 18.2 Å². The van der Waals surface area contributed by atoms with E-state index in [1.807, 2.05) is 0 Å². The molecule has 0 aliphatic rings. The highest BCUT2D eigenvalue weighted by atomic mass is 35.5. The van der Waals surface area contributed by atoms with Crippen LogP contribution in [0.4, 0.5) is 0 Å². The molecule has 1 rings (SSSR count). The topological polar surface area (TPSA) is 43.4 Å². The summed E-state index contributed by atoms with van der Waals surface area (Å²) in [5, 5.41) is 0.523. The molecule has 4 heteroatoms. The third kappa shape index (κ3) is 3.07. The van der Waals surface area contributed by atoms with E-state index in [1.54, 1.807) is 39.0 Å². The highest BCUT2D eigenvalue weighted by Crippen LogP contribution is 2.24. The molecule has 0 N–H and O–H groups in total. The summed E-state index contributed by atoms with van der Waals surface area (Å²) in [6.07, 6.45) is 0. The fourth-order valence-corrected chi connectivity index (χ4v) is 1.76. The van der Waals surface area contributed by atoms with Gasteiger partial charge in [-0.25, -0.2) is 0 Å². The first-order valence-electron chi connectivity index (χ1n) is 5.25. The van der Waals surface area contributed by atoms with Crippen molar-refractivity contribution in [2.24, 2.45) is 0 Å². The second-order valence-electron chi connectivity index (χ2n) is 4.35. The predicted molar refractivity (Wildman–Crippen MR) is 66.4 cm³/mol. The maximum Gasteiger partial charge on any atom is 0.303 e. The highest BCUT2D eigenvalue weighted by molar-refractivity contribution is 6.32. The second kappa shape index (κ2) is 4.88. The molecule has 0 aromatic heterocycles. The molecule has 17 heavy (non-hydrogen) atoms. The number of rotatable bonds is 3. The SMILES string of the molecule is CC(=O)OC(C)(C)C(=O)c1cccc(Cl)c1C. The van der Waals surface area contributed by atoms with Crippen molar-refractivity contribution in [1.29, 1.82) is 0 Å². The Morgan fingerprint density at radius 3 is 2.41 bits per heavy atom. The van der Waals surface area contributed by atoms with Crippen LogP contribution in [0.2, 0.25) is 5.02 Å². The number of ether oxygens (including phenoxy) is 1. The molecule has 1 aromatic rings. The Morgan fingerprint density at radius 1 is 1.29 bits per heavy atom. The lowest BCUT2D eigenvalue weighted by Gasteiger charge is -2.23. The Hall–Kier alpha value is -1.35. The van der Waals surface area contributed by atoms with Gasteiger partial charge in [0.1, 0.15) is 0 Å². The largest absolute Gasteiger partial charge is 0.451 e. The maximum atomic E-state index is 12.2. The Labute approximate surface area is 106 Å². The quantitative estimate of drug-likeness (QED) is 0.615.